The number of carboxylic acid groups (broad SMARTS) is 1. The number of aliphatic hydroxyl groups excluding tert-OH is 1. The lowest BCUT2D eigenvalue weighted by Crippen LogP contribution is -2.16. The van der Waals surface area contributed by atoms with Crippen LogP contribution in [0.5, 0.6) is 0 Å². The fourth-order valence-electron chi connectivity index (χ4n) is 2.90. The van der Waals surface area contributed by atoms with E-state index in [9.17, 15) is 14.7 Å². The maximum Gasteiger partial charge on any atom is 0.303 e. The molecule has 0 amide bonds. The van der Waals surface area contributed by atoms with E-state index in [2.05, 4.69) is 6.92 Å². The van der Waals surface area contributed by atoms with Crippen molar-refractivity contribution in [3.8, 4) is 0 Å². The molecule has 0 aromatic carbocycles. The van der Waals surface area contributed by atoms with Crippen LogP contribution in [0.25, 0.3) is 0 Å². The molecule has 0 saturated heterocycles. The molecule has 0 heterocycles. The summed E-state index contributed by atoms with van der Waals surface area (Å²) in [5, 5.41) is 18.7. The second-order valence-electron chi connectivity index (χ2n) is 5.98. The van der Waals surface area contributed by atoms with Crippen LogP contribution in [-0.4, -0.2) is 22.0 Å². The largest absolute Gasteiger partial charge is 0.512 e. The van der Waals surface area contributed by atoms with Crippen molar-refractivity contribution in [2.45, 2.75) is 64.7 Å². The number of Topliss-reactive ketones (excluding diaryl/α,β-unsaturated/α-hetero) is 1. The molecular weight excluding hydrogens is 280 g/mol. The van der Waals surface area contributed by atoms with E-state index in [0.29, 0.717) is 25.0 Å². The van der Waals surface area contributed by atoms with Gasteiger partial charge in [-0.1, -0.05) is 25.5 Å². The summed E-state index contributed by atoms with van der Waals surface area (Å²) < 4.78 is 0. The minimum absolute atomic E-state index is 0.0342. The van der Waals surface area contributed by atoms with Gasteiger partial charge in [0.25, 0.3) is 0 Å². The lowest BCUT2D eigenvalue weighted by atomic mass is 9.90. The van der Waals surface area contributed by atoms with E-state index in [0.717, 1.165) is 32.1 Å². The third kappa shape index (κ3) is 6.46. The molecule has 0 bridgehead atoms. The summed E-state index contributed by atoms with van der Waals surface area (Å²) in [7, 11) is 0. The third-order valence-corrected chi connectivity index (χ3v) is 4.21. The SMILES string of the molecule is CCCC/C=C(/O)[C@H]1CCC(=O)[C@H]1CC=CCCCC(=O)O. The minimum atomic E-state index is -0.776. The maximum atomic E-state index is 12.0. The summed E-state index contributed by atoms with van der Waals surface area (Å²) in [5.74, 6) is -0.317. The second kappa shape index (κ2) is 10.2. The number of carbonyl (C=O) groups excluding carboxylic acids is 1. The first-order valence-corrected chi connectivity index (χ1v) is 8.34. The molecule has 4 nitrogen and oxygen atoms in total. The van der Waals surface area contributed by atoms with E-state index in [1.807, 2.05) is 18.2 Å². The Hall–Kier alpha value is -1.58. The Morgan fingerprint density at radius 2 is 2.00 bits per heavy atom. The summed E-state index contributed by atoms with van der Waals surface area (Å²) in [6.45, 7) is 2.11. The average molecular weight is 308 g/mol. The van der Waals surface area contributed by atoms with Gasteiger partial charge >= 0.3 is 5.97 Å². The Kier molecular flexibility index (Phi) is 8.56. The molecule has 4 heteroatoms. The molecule has 1 aliphatic rings. The van der Waals surface area contributed by atoms with Gasteiger partial charge in [0.15, 0.2) is 0 Å². The zero-order valence-corrected chi connectivity index (χ0v) is 13.5. The highest BCUT2D eigenvalue weighted by molar-refractivity contribution is 5.84. The average Bonchev–Trinajstić information content (AvgIpc) is 2.84. The Morgan fingerprint density at radius 1 is 1.23 bits per heavy atom. The highest BCUT2D eigenvalue weighted by Crippen LogP contribution is 2.36. The van der Waals surface area contributed by atoms with Gasteiger partial charge in [-0.25, -0.2) is 0 Å². The van der Waals surface area contributed by atoms with Gasteiger partial charge in [-0.05, 0) is 44.6 Å². The van der Waals surface area contributed by atoms with Gasteiger partial charge in [0.2, 0.25) is 0 Å². The molecule has 0 aromatic heterocycles. The molecule has 124 valence electrons. The highest BCUT2D eigenvalue weighted by atomic mass is 16.4. The fourth-order valence-corrected chi connectivity index (χ4v) is 2.90. The molecule has 0 spiro atoms. The topological polar surface area (TPSA) is 74.6 Å². The van der Waals surface area contributed by atoms with Crippen molar-refractivity contribution in [1.29, 1.82) is 0 Å². The van der Waals surface area contributed by atoms with E-state index in [4.69, 9.17) is 5.11 Å². The van der Waals surface area contributed by atoms with Gasteiger partial charge in [-0.15, -0.1) is 0 Å². The zero-order valence-electron chi connectivity index (χ0n) is 13.5. The minimum Gasteiger partial charge on any atom is -0.512 e. The van der Waals surface area contributed by atoms with Crippen LogP contribution in [-0.2, 0) is 9.59 Å². The quantitative estimate of drug-likeness (QED) is 0.356. The van der Waals surface area contributed by atoms with Crippen molar-refractivity contribution in [3.05, 3.63) is 24.0 Å². The first-order valence-electron chi connectivity index (χ1n) is 8.34. The van der Waals surface area contributed by atoms with Crippen LogP contribution in [0.1, 0.15) is 64.7 Å². The molecular formula is C18H28O4. The van der Waals surface area contributed by atoms with Crippen molar-refractivity contribution < 1.29 is 19.8 Å². The smallest absolute Gasteiger partial charge is 0.303 e. The van der Waals surface area contributed by atoms with Crippen LogP contribution in [0, 0.1) is 11.8 Å². The van der Waals surface area contributed by atoms with Crippen LogP contribution in [0.15, 0.2) is 24.0 Å². The molecule has 0 radical (unpaired) electrons. The molecule has 0 unspecified atom stereocenters. The number of rotatable bonds is 10. The lowest BCUT2D eigenvalue weighted by molar-refractivity contribution is -0.137. The molecule has 1 aliphatic carbocycles. The van der Waals surface area contributed by atoms with Crippen molar-refractivity contribution in [3.63, 3.8) is 0 Å². The standard InChI is InChI=1S/C18H28O4/c1-2-3-6-10-16(19)15-12-13-17(20)14(15)9-7-4-5-8-11-18(21)22/h4,7,10,14-15,19H,2-3,5-6,8-9,11-13H2,1H3,(H,21,22)/b7-4?,16-10+/t14-,15-/m0/s1. The molecule has 1 fully saturated rings. The Balaban J connectivity index is 2.44. The van der Waals surface area contributed by atoms with Crippen molar-refractivity contribution in [1.82, 2.24) is 0 Å². The molecule has 2 atom stereocenters. The van der Waals surface area contributed by atoms with E-state index < -0.39 is 5.97 Å². The van der Waals surface area contributed by atoms with Crippen LogP contribution >= 0.6 is 0 Å². The summed E-state index contributed by atoms with van der Waals surface area (Å²) in [5.41, 5.74) is 0. The molecule has 0 aromatic rings. The van der Waals surface area contributed by atoms with Gasteiger partial charge in [0.05, 0.1) is 5.76 Å². The maximum absolute atomic E-state index is 12.0. The number of hydrogen-bond acceptors (Lipinski definition) is 3. The third-order valence-electron chi connectivity index (χ3n) is 4.21. The Morgan fingerprint density at radius 3 is 2.68 bits per heavy atom. The summed E-state index contributed by atoms with van der Waals surface area (Å²) in [4.78, 5) is 22.4. The normalized spacial score (nSPS) is 22.6. The highest BCUT2D eigenvalue weighted by Gasteiger charge is 2.35. The number of allylic oxidation sites excluding steroid dienone is 4. The van der Waals surface area contributed by atoms with E-state index >= 15 is 0 Å². The summed E-state index contributed by atoms with van der Waals surface area (Å²) in [6, 6.07) is 0. The van der Waals surface area contributed by atoms with E-state index in [1.165, 1.54) is 0 Å². The molecule has 2 N–H and O–H groups in total. The van der Waals surface area contributed by atoms with Gasteiger partial charge in [-0.2, -0.15) is 0 Å². The van der Waals surface area contributed by atoms with E-state index in [1.54, 1.807) is 0 Å². The number of carbonyl (C=O) groups is 2. The predicted octanol–water partition coefficient (Wildman–Crippen LogP) is 4.42. The van der Waals surface area contributed by atoms with Crippen molar-refractivity contribution in [2.24, 2.45) is 11.8 Å². The fraction of sp³-hybridized carbons (Fsp3) is 0.667. The van der Waals surface area contributed by atoms with Gasteiger partial charge in [0.1, 0.15) is 5.78 Å². The van der Waals surface area contributed by atoms with Crippen LogP contribution < -0.4 is 0 Å². The number of aliphatic carboxylic acids is 1. The predicted molar refractivity (Wildman–Crippen MR) is 86.7 cm³/mol. The number of hydrogen-bond donors (Lipinski definition) is 2. The summed E-state index contributed by atoms with van der Waals surface area (Å²) >= 11 is 0. The van der Waals surface area contributed by atoms with Crippen LogP contribution in [0.2, 0.25) is 0 Å². The molecule has 0 aliphatic heterocycles. The monoisotopic (exact) mass is 308 g/mol. The Labute approximate surface area is 132 Å². The van der Waals surface area contributed by atoms with E-state index in [-0.39, 0.29) is 24.0 Å². The number of carboxylic acids is 1. The summed E-state index contributed by atoms with van der Waals surface area (Å²) in [6.07, 6.45) is 12.2. The molecule has 22 heavy (non-hydrogen) atoms. The number of ketones is 1. The molecule has 1 rings (SSSR count). The van der Waals surface area contributed by atoms with Gasteiger partial charge in [-0.3, -0.25) is 9.59 Å². The zero-order chi connectivity index (χ0) is 16.4. The van der Waals surface area contributed by atoms with Crippen molar-refractivity contribution in [2.75, 3.05) is 0 Å². The second-order valence-corrected chi connectivity index (χ2v) is 5.98. The first-order chi connectivity index (χ1) is 10.6. The van der Waals surface area contributed by atoms with Crippen molar-refractivity contribution >= 4 is 11.8 Å². The lowest BCUT2D eigenvalue weighted by Gasteiger charge is -2.16. The van der Waals surface area contributed by atoms with Crippen LogP contribution in [0.3, 0.4) is 0 Å². The van der Waals surface area contributed by atoms with Crippen LogP contribution in [0.4, 0.5) is 0 Å². The number of unbranched alkanes of at least 4 members (excludes halogenated alkanes) is 3. The van der Waals surface area contributed by atoms with Gasteiger partial charge in [0, 0.05) is 24.7 Å². The first kappa shape index (κ1) is 18.5. The number of aliphatic hydroxyl groups is 1. The molecule has 1 saturated carbocycles. The Bertz CT molecular complexity index is 423. The van der Waals surface area contributed by atoms with Gasteiger partial charge < -0.3 is 10.2 Å².